The zero-order valence-corrected chi connectivity index (χ0v) is 18.1. The maximum atomic E-state index is 5.40. The van der Waals surface area contributed by atoms with Crippen LogP contribution in [0.15, 0.2) is 23.3 Å². The van der Waals surface area contributed by atoms with Gasteiger partial charge in [0.15, 0.2) is 5.96 Å². The molecule has 1 aromatic rings. The fourth-order valence-electron chi connectivity index (χ4n) is 3.58. The molecule has 0 radical (unpaired) electrons. The van der Waals surface area contributed by atoms with Crippen molar-refractivity contribution in [2.75, 3.05) is 84.1 Å². The van der Waals surface area contributed by atoms with Gasteiger partial charge in [0, 0.05) is 58.6 Å². The van der Waals surface area contributed by atoms with Gasteiger partial charge in [-0.15, -0.1) is 0 Å². The van der Waals surface area contributed by atoms with Crippen LogP contribution in [0, 0.1) is 0 Å². The minimum atomic E-state index is 0.634. The number of pyridine rings is 1. The zero-order valence-electron chi connectivity index (χ0n) is 18.1. The first kappa shape index (κ1) is 21.8. The van der Waals surface area contributed by atoms with Crippen molar-refractivity contribution in [3.05, 3.63) is 23.9 Å². The van der Waals surface area contributed by atoms with Gasteiger partial charge in [-0.2, -0.15) is 0 Å². The van der Waals surface area contributed by atoms with E-state index >= 15 is 0 Å². The van der Waals surface area contributed by atoms with E-state index in [1.165, 1.54) is 0 Å². The summed E-state index contributed by atoms with van der Waals surface area (Å²) in [5, 5.41) is 6.78. The Labute approximate surface area is 175 Å². The van der Waals surface area contributed by atoms with Crippen LogP contribution in [0.4, 0.5) is 5.82 Å². The number of aliphatic imine (C=N–C) groups is 1. The Balaban J connectivity index is 1.42. The lowest BCUT2D eigenvalue weighted by Gasteiger charge is -2.33. The van der Waals surface area contributed by atoms with E-state index in [9.17, 15) is 0 Å². The molecule has 0 bridgehead atoms. The predicted molar refractivity (Wildman–Crippen MR) is 119 cm³/mol. The van der Waals surface area contributed by atoms with Crippen molar-refractivity contribution in [1.82, 2.24) is 25.4 Å². The van der Waals surface area contributed by atoms with Crippen molar-refractivity contribution in [1.29, 1.82) is 0 Å². The molecule has 2 N–H and O–H groups in total. The van der Waals surface area contributed by atoms with Gasteiger partial charge in [0.2, 0.25) is 0 Å². The van der Waals surface area contributed by atoms with Gasteiger partial charge < -0.3 is 25.2 Å². The first-order valence-electron chi connectivity index (χ1n) is 11.0. The van der Waals surface area contributed by atoms with Gasteiger partial charge in [0.25, 0.3) is 0 Å². The Bertz CT molecular complexity index is 608. The average Bonchev–Trinajstić information content (AvgIpc) is 2.76. The van der Waals surface area contributed by atoms with E-state index in [1.807, 2.05) is 6.20 Å². The number of hydrogen-bond donors (Lipinski definition) is 2. The highest BCUT2D eigenvalue weighted by Crippen LogP contribution is 2.14. The van der Waals surface area contributed by atoms with Crippen molar-refractivity contribution in [3.63, 3.8) is 0 Å². The maximum absolute atomic E-state index is 5.40. The average molecular weight is 404 g/mol. The molecule has 3 rings (SSSR count). The standard InChI is InChI=1S/C21H37N7O/c1-3-22-21(23-7-4-8-27-13-15-29-16-14-27)25-18-19-5-6-20(24-17-19)28-11-9-26(2)10-12-28/h5-6,17H,3-4,7-16,18H2,1-2H3,(H2,22,23,25). The number of anilines is 1. The van der Waals surface area contributed by atoms with Crippen molar-refractivity contribution in [2.45, 2.75) is 19.9 Å². The van der Waals surface area contributed by atoms with Gasteiger partial charge in [-0.25, -0.2) is 9.98 Å². The molecule has 3 heterocycles. The van der Waals surface area contributed by atoms with Gasteiger partial charge >= 0.3 is 0 Å². The van der Waals surface area contributed by atoms with Gasteiger partial charge in [-0.1, -0.05) is 6.07 Å². The molecule has 0 saturated carbocycles. The van der Waals surface area contributed by atoms with E-state index in [1.54, 1.807) is 0 Å². The van der Waals surface area contributed by atoms with Crippen LogP contribution in [0.5, 0.6) is 0 Å². The van der Waals surface area contributed by atoms with E-state index < -0.39 is 0 Å². The smallest absolute Gasteiger partial charge is 0.191 e. The first-order valence-corrected chi connectivity index (χ1v) is 11.0. The summed E-state index contributed by atoms with van der Waals surface area (Å²) >= 11 is 0. The monoisotopic (exact) mass is 403 g/mol. The van der Waals surface area contributed by atoms with Crippen molar-refractivity contribution < 1.29 is 4.74 Å². The predicted octanol–water partition coefficient (Wildman–Crippen LogP) is 0.611. The van der Waals surface area contributed by atoms with Gasteiger partial charge in [0.05, 0.1) is 19.8 Å². The fraction of sp³-hybridized carbons (Fsp3) is 0.714. The quantitative estimate of drug-likeness (QED) is 0.374. The van der Waals surface area contributed by atoms with Crippen LogP contribution in [-0.2, 0) is 11.3 Å². The number of nitrogens with one attached hydrogen (secondary N) is 2. The molecule has 8 nitrogen and oxygen atoms in total. The van der Waals surface area contributed by atoms with E-state index in [0.717, 1.165) is 95.9 Å². The molecule has 0 aromatic carbocycles. The molecule has 29 heavy (non-hydrogen) atoms. The molecular weight excluding hydrogens is 366 g/mol. The van der Waals surface area contributed by atoms with Crippen LogP contribution in [0.25, 0.3) is 0 Å². The number of hydrogen-bond acceptors (Lipinski definition) is 6. The molecule has 0 atom stereocenters. The summed E-state index contributed by atoms with van der Waals surface area (Å²) < 4.78 is 5.40. The van der Waals surface area contributed by atoms with Crippen LogP contribution >= 0.6 is 0 Å². The largest absolute Gasteiger partial charge is 0.379 e. The van der Waals surface area contributed by atoms with Crippen LogP contribution < -0.4 is 15.5 Å². The second-order valence-corrected chi connectivity index (χ2v) is 7.74. The number of ether oxygens (including phenoxy) is 1. The Kier molecular flexibility index (Phi) is 8.98. The van der Waals surface area contributed by atoms with Gasteiger partial charge in [-0.3, -0.25) is 4.90 Å². The van der Waals surface area contributed by atoms with Gasteiger partial charge in [-0.05, 0) is 38.6 Å². The number of morpholine rings is 1. The molecule has 2 aliphatic rings. The Morgan fingerprint density at radius 2 is 1.90 bits per heavy atom. The molecule has 2 fully saturated rings. The summed E-state index contributed by atoms with van der Waals surface area (Å²) in [6.45, 7) is 13.7. The SMILES string of the molecule is CCNC(=NCc1ccc(N2CCN(C)CC2)nc1)NCCCN1CCOCC1. The van der Waals surface area contributed by atoms with E-state index in [2.05, 4.69) is 56.4 Å². The van der Waals surface area contributed by atoms with Crippen molar-refractivity contribution in [3.8, 4) is 0 Å². The Morgan fingerprint density at radius 1 is 1.10 bits per heavy atom. The lowest BCUT2D eigenvalue weighted by atomic mass is 10.2. The molecule has 162 valence electrons. The second kappa shape index (κ2) is 11.9. The summed E-state index contributed by atoms with van der Waals surface area (Å²) in [7, 11) is 2.17. The molecular formula is C21H37N7O. The topological polar surface area (TPSA) is 68.3 Å². The van der Waals surface area contributed by atoms with Crippen LogP contribution in [0.2, 0.25) is 0 Å². The number of rotatable bonds is 8. The third kappa shape index (κ3) is 7.45. The fourth-order valence-corrected chi connectivity index (χ4v) is 3.58. The molecule has 0 unspecified atom stereocenters. The number of guanidine groups is 1. The van der Waals surface area contributed by atoms with Crippen LogP contribution in [-0.4, -0.2) is 99.9 Å². The third-order valence-electron chi connectivity index (χ3n) is 5.45. The molecule has 2 aliphatic heterocycles. The number of likely N-dealkylation sites (N-methyl/N-ethyl adjacent to an activating group) is 1. The lowest BCUT2D eigenvalue weighted by molar-refractivity contribution is 0.0376. The highest BCUT2D eigenvalue weighted by atomic mass is 16.5. The molecule has 2 saturated heterocycles. The maximum Gasteiger partial charge on any atom is 0.191 e. The highest BCUT2D eigenvalue weighted by Gasteiger charge is 2.15. The number of nitrogens with zero attached hydrogens (tertiary/aromatic N) is 5. The summed E-state index contributed by atoms with van der Waals surface area (Å²) in [5.74, 6) is 1.94. The van der Waals surface area contributed by atoms with Gasteiger partial charge in [0.1, 0.15) is 5.82 Å². The molecule has 8 heteroatoms. The summed E-state index contributed by atoms with van der Waals surface area (Å²) in [6, 6.07) is 4.27. The summed E-state index contributed by atoms with van der Waals surface area (Å²) in [6.07, 6.45) is 3.06. The van der Waals surface area contributed by atoms with Crippen molar-refractivity contribution in [2.24, 2.45) is 4.99 Å². The van der Waals surface area contributed by atoms with Crippen molar-refractivity contribution >= 4 is 11.8 Å². The third-order valence-corrected chi connectivity index (χ3v) is 5.45. The summed E-state index contributed by atoms with van der Waals surface area (Å²) in [5.41, 5.74) is 1.13. The highest BCUT2D eigenvalue weighted by molar-refractivity contribution is 5.79. The normalized spacial score (nSPS) is 19.4. The van der Waals surface area contributed by atoms with Crippen LogP contribution in [0.3, 0.4) is 0 Å². The minimum Gasteiger partial charge on any atom is -0.379 e. The second-order valence-electron chi connectivity index (χ2n) is 7.74. The first-order chi connectivity index (χ1) is 14.2. The van der Waals surface area contributed by atoms with E-state index in [-0.39, 0.29) is 0 Å². The molecule has 1 aromatic heterocycles. The van der Waals surface area contributed by atoms with E-state index in [0.29, 0.717) is 6.54 Å². The molecule has 0 spiro atoms. The summed E-state index contributed by atoms with van der Waals surface area (Å²) in [4.78, 5) is 16.6. The van der Waals surface area contributed by atoms with E-state index in [4.69, 9.17) is 9.73 Å². The van der Waals surface area contributed by atoms with Crippen LogP contribution in [0.1, 0.15) is 18.9 Å². The molecule has 0 aliphatic carbocycles. The Hall–Kier alpha value is -1.90. The number of aromatic nitrogens is 1. The molecule has 0 amide bonds. The minimum absolute atomic E-state index is 0.634. The zero-order chi connectivity index (χ0) is 20.3. The number of piperazine rings is 1. The lowest BCUT2D eigenvalue weighted by Crippen LogP contribution is -2.44. The Morgan fingerprint density at radius 3 is 2.59 bits per heavy atom.